The topological polar surface area (TPSA) is 35.6 Å². The van der Waals surface area contributed by atoms with Crippen molar-refractivity contribution < 1.29 is 18.0 Å². The Morgan fingerprint density at radius 2 is 1.71 bits per heavy atom. The van der Waals surface area contributed by atoms with E-state index >= 15 is 0 Å². The number of hydrogen-bond donors (Lipinski definition) is 1. The lowest BCUT2D eigenvalue weighted by Gasteiger charge is -2.34. The zero-order valence-electron chi connectivity index (χ0n) is 9.89. The molecule has 0 atom stereocenters. The number of amides is 1. The van der Waals surface area contributed by atoms with E-state index in [9.17, 15) is 18.0 Å². The smallest absolute Gasteiger partial charge is 0.359 e. The van der Waals surface area contributed by atoms with E-state index in [2.05, 4.69) is 5.32 Å². The molecule has 1 amide bonds. The lowest BCUT2D eigenvalue weighted by molar-refractivity contribution is -0.149. The summed E-state index contributed by atoms with van der Waals surface area (Å²) in [6, 6.07) is 0. The molecule has 7 heteroatoms. The minimum absolute atomic E-state index is 0.0391. The van der Waals surface area contributed by atoms with Crippen LogP contribution in [0.5, 0.6) is 0 Å². The van der Waals surface area contributed by atoms with Crippen LogP contribution in [0.1, 0.15) is 6.42 Å². The van der Waals surface area contributed by atoms with Crippen LogP contribution >= 0.6 is 0 Å². The lowest BCUT2D eigenvalue weighted by Crippen LogP contribution is -2.49. The Morgan fingerprint density at radius 3 is 2.18 bits per heavy atom. The van der Waals surface area contributed by atoms with E-state index < -0.39 is 12.7 Å². The minimum Gasteiger partial charge on any atom is -0.359 e. The maximum absolute atomic E-state index is 12.1. The van der Waals surface area contributed by atoms with Crippen LogP contribution in [0.2, 0.25) is 0 Å². The van der Waals surface area contributed by atoms with Gasteiger partial charge in [0.25, 0.3) is 0 Å². The van der Waals surface area contributed by atoms with Crippen molar-refractivity contribution in [3.63, 3.8) is 0 Å². The number of nitrogens with zero attached hydrogens (tertiary/aromatic N) is 2. The summed E-state index contributed by atoms with van der Waals surface area (Å²) < 4.78 is 36.4. The molecule has 100 valence electrons. The van der Waals surface area contributed by atoms with E-state index in [-0.39, 0.29) is 5.91 Å². The Balaban J connectivity index is 2.19. The Hall–Kier alpha value is -0.820. The second kappa shape index (κ2) is 6.20. The minimum atomic E-state index is -4.12. The van der Waals surface area contributed by atoms with Crippen LogP contribution in [0.4, 0.5) is 13.2 Å². The van der Waals surface area contributed by atoms with Gasteiger partial charge in [-0.3, -0.25) is 9.69 Å². The fourth-order valence-electron chi connectivity index (χ4n) is 1.81. The molecule has 1 rings (SSSR count). The third-order valence-corrected chi connectivity index (χ3v) is 2.80. The van der Waals surface area contributed by atoms with Gasteiger partial charge in [0.15, 0.2) is 0 Å². The highest BCUT2D eigenvalue weighted by Crippen LogP contribution is 2.17. The summed E-state index contributed by atoms with van der Waals surface area (Å²) in [5.41, 5.74) is 0. The predicted octanol–water partition coefficient (Wildman–Crippen LogP) is 0.302. The summed E-state index contributed by atoms with van der Waals surface area (Å²) in [6.45, 7) is 1.77. The standard InChI is InChI=1S/C10H18F3N3O/c1-14-9(17)2-3-15-4-6-16(7-5-15)8-10(11,12)13/h2-8H2,1H3,(H,14,17). The Labute approximate surface area is 98.7 Å². The van der Waals surface area contributed by atoms with Gasteiger partial charge >= 0.3 is 6.18 Å². The van der Waals surface area contributed by atoms with Crippen molar-refractivity contribution in [2.45, 2.75) is 12.6 Å². The maximum atomic E-state index is 12.1. The van der Waals surface area contributed by atoms with Gasteiger partial charge in [-0.1, -0.05) is 0 Å². The van der Waals surface area contributed by atoms with E-state index in [0.717, 1.165) is 0 Å². The largest absolute Gasteiger partial charge is 0.401 e. The van der Waals surface area contributed by atoms with Crippen molar-refractivity contribution in [3.8, 4) is 0 Å². The van der Waals surface area contributed by atoms with Crippen molar-refractivity contribution >= 4 is 5.91 Å². The molecule has 0 unspecified atom stereocenters. The van der Waals surface area contributed by atoms with Gasteiger partial charge in [0, 0.05) is 46.2 Å². The molecule has 4 nitrogen and oxygen atoms in total. The number of hydrogen-bond acceptors (Lipinski definition) is 3. The van der Waals surface area contributed by atoms with E-state index in [1.165, 1.54) is 4.90 Å². The van der Waals surface area contributed by atoms with Gasteiger partial charge in [-0.25, -0.2) is 0 Å². The molecular weight excluding hydrogens is 235 g/mol. The van der Waals surface area contributed by atoms with E-state index in [4.69, 9.17) is 0 Å². The highest BCUT2D eigenvalue weighted by molar-refractivity contribution is 5.75. The first kappa shape index (κ1) is 14.2. The van der Waals surface area contributed by atoms with Crippen LogP contribution in [0.15, 0.2) is 0 Å². The van der Waals surface area contributed by atoms with Gasteiger partial charge < -0.3 is 10.2 Å². The van der Waals surface area contributed by atoms with Crippen molar-refractivity contribution in [3.05, 3.63) is 0 Å². The molecule has 0 aromatic heterocycles. The van der Waals surface area contributed by atoms with Gasteiger partial charge in [0.05, 0.1) is 6.54 Å². The third-order valence-electron chi connectivity index (χ3n) is 2.80. The first-order valence-electron chi connectivity index (χ1n) is 5.63. The zero-order chi connectivity index (χ0) is 12.9. The molecule has 0 aromatic carbocycles. The molecule has 1 aliphatic rings. The van der Waals surface area contributed by atoms with Crippen LogP contribution in [0.3, 0.4) is 0 Å². The summed E-state index contributed by atoms with van der Waals surface area (Å²) in [7, 11) is 1.57. The summed E-state index contributed by atoms with van der Waals surface area (Å²) >= 11 is 0. The Bertz CT molecular complexity index is 250. The van der Waals surface area contributed by atoms with Crippen molar-refractivity contribution in [1.82, 2.24) is 15.1 Å². The summed E-state index contributed by atoms with van der Waals surface area (Å²) in [5.74, 6) is -0.0391. The van der Waals surface area contributed by atoms with Gasteiger partial charge in [-0.2, -0.15) is 13.2 Å². The number of alkyl halides is 3. The molecule has 0 radical (unpaired) electrons. The molecule has 1 aliphatic heterocycles. The Morgan fingerprint density at radius 1 is 1.18 bits per heavy atom. The van der Waals surface area contributed by atoms with Crippen molar-refractivity contribution in [1.29, 1.82) is 0 Å². The quantitative estimate of drug-likeness (QED) is 0.783. The molecule has 0 aliphatic carbocycles. The average Bonchev–Trinajstić information content (AvgIpc) is 2.25. The molecule has 1 saturated heterocycles. The molecule has 0 saturated carbocycles. The molecule has 17 heavy (non-hydrogen) atoms. The van der Waals surface area contributed by atoms with Crippen LogP contribution in [-0.4, -0.2) is 68.2 Å². The fraction of sp³-hybridized carbons (Fsp3) is 0.900. The number of carbonyl (C=O) groups excluding carboxylic acids is 1. The first-order chi connectivity index (χ1) is 7.90. The van der Waals surface area contributed by atoms with Crippen LogP contribution in [0.25, 0.3) is 0 Å². The number of nitrogens with one attached hydrogen (secondary N) is 1. The SMILES string of the molecule is CNC(=O)CCN1CCN(CC(F)(F)F)CC1. The summed E-state index contributed by atoms with van der Waals surface area (Å²) in [4.78, 5) is 14.4. The van der Waals surface area contributed by atoms with Crippen LogP contribution in [0, 0.1) is 0 Å². The molecule has 0 spiro atoms. The number of carbonyl (C=O) groups is 1. The van der Waals surface area contributed by atoms with E-state index in [1.54, 1.807) is 7.05 Å². The third kappa shape index (κ3) is 5.88. The zero-order valence-corrected chi connectivity index (χ0v) is 9.89. The second-order valence-corrected chi connectivity index (χ2v) is 4.16. The van der Waals surface area contributed by atoms with Gasteiger partial charge in [-0.15, -0.1) is 0 Å². The highest BCUT2D eigenvalue weighted by Gasteiger charge is 2.31. The number of rotatable bonds is 4. The predicted molar refractivity (Wildman–Crippen MR) is 57.6 cm³/mol. The normalized spacial score (nSPS) is 19.3. The van der Waals surface area contributed by atoms with Crippen molar-refractivity contribution in [2.75, 3.05) is 46.3 Å². The van der Waals surface area contributed by atoms with Gasteiger partial charge in [0.1, 0.15) is 0 Å². The van der Waals surface area contributed by atoms with Crippen LogP contribution in [-0.2, 0) is 4.79 Å². The number of halogens is 3. The molecular formula is C10H18F3N3O. The summed E-state index contributed by atoms with van der Waals surface area (Å²) in [6.07, 6.45) is -3.72. The molecule has 1 N–H and O–H groups in total. The maximum Gasteiger partial charge on any atom is 0.401 e. The average molecular weight is 253 g/mol. The van der Waals surface area contributed by atoms with Crippen molar-refractivity contribution in [2.24, 2.45) is 0 Å². The molecule has 0 aromatic rings. The van der Waals surface area contributed by atoms with Gasteiger partial charge in [-0.05, 0) is 0 Å². The summed E-state index contributed by atoms with van der Waals surface area (Å²) in [5, 5.41) is 2.52. The highest BCUT2D eigenvalue weighted by atomic mass is 19.4. The van der Waals surface area contributed by atoms with Crippen LogP contribution < -0.4 is 5.32 Å². The van der Waals surface area contributed by atoms with E-state index in [1.807, 2.05) is 4.90 Å². The first-order valence-corrected chi connectivity index (χ1v) is 5.63. The second-order valence-electron chi connectivity index (χ2n) is 4.16. The fourth-order valence-corrected chi connectivity index (χ4v) is 1.81. The lowest BCUT2D eigenvalue weighted by atomic mass is 10.3. The Kier molecular flexibility index (Phi) is 5.20. The van der Waals surface area contributed by atoms with Gasteiger partial charge in [0.2, 0.25) is 5.91 Å². The molecule has 1 heterocycles. The monoisotopic (exact) mass is 253 g/mol. The number of piperazine rings is 1. The van der Waals surface area contributed by atoms with E-state index in [0.29, 0.717) is 39.1 Å². The molecule has 0 bridgehead atoms. The molecule has 1 fully saturated rings.